The Labute approximate surface area is 141 Å². The number of nitrogens with zero attached hydrogens (tertiary/aromatic N) is 1. The summed E-state index contributed by atoms with van der Waals surface area (Å²) >= 11 is 15.4. The topological polar surface area (TPSA) is 33.0 Å². The minimum atomic E-state index is 0.349. The van der Waals surface area contributed by atoms with Crippen molar-refractivity contribution in [3.05, 3.63) is 68.1 Å². The minimum Gasteiger partial charge on any atom is -0.488 e. The molecule has 0 spiro atoms. The van der Waals surface area contributed by atoms with Crippen molar-refractivity contribution in [2.45, 2.75) is 6.61 Å². The number of benzene rings is 2. The normalized spacial score (nSPS) is 10.6. The average Bonchev–Trinajstić information content (AvgIpc) is 2.45. The number of halogens is 3. The first-order chi connectivity index (χ1) is 10.1. The van der Waals surface area contributed by atoms with Gasteiger partial charge in [0.05, 0.1) is 10.5 Å². The molecule has 5 heteroatoms. The lowest BCUT2D eigenvalue weighted by Gasteiger charge is -2.10. The predicted molar refractivity (Wildman–Crippen MR) is 89.6 cm³/mol. The lowest BCUT2D eigenvalue weighted by molar-refractivity contribution is 0.304. The van der Waals surface area contributed by atoms with Crippen LogP contribution in [0.2, 0.25) is 10.0 Å². The molecule has 2 rings (SSSR count). The van der Waals surface area contributed by atoms with Crippen LogP contribution < -0.4 is 4.74 Å². The van der Waals surface area contributed by atoms with Crippen LogP contribution in [-0.2, 0) is 6.61 Å². The molecule has 0 aliphatic heterocycles. The van der Waals surface area contributed by atoms with Crippen LogP contribution >= 0.6 is 39.1 Å². The van der Waals surface area contributed by atoms with E-state index in [-0.39, 0.29) is 0 Å². The lowest BCUT2D eigenvalue weighted by Crippen LogP contribution is -1.97. The highest BCUT2D eigenvalue weighted by atomic mass is 79.9. The molecule has 2 aromatic carbocycles. The third-order valence-electron chi connectivity index (χ3n) is 2.70. The summed E-state index contributed by atoms with van der Waals surface area (Å²) in [5.74, 6) is 0.704. The second-order valence-corrected chi connectivity index (χ2v) is 5.87. The van der Waals surface area contributed by atoms with Crippen molar-refractivity contribution < 1.29 is 4.74 Å². The summed E-state index contributed by atoms with van der Waals surface area (Å²) in [5, 5.41) is 9.68. The first-order valence-corrected chi connectivity index (χ1v) is 7.57. The van der Waals surface area contributed by atoms with Gasteiger partial charge in [-0.3, -0.25) is 0 Å². The van der Waals surface area contributed by atoms with Crippen LogP contribution in [0.25, 0.3) is 6.08 Å². The Balaban J connectivity index is 2.10. The molecule has 2 nitrogen and oxygen atoms in total. The van der Waals surface area contributed by atoms with Crippen molar-refractivity contribution in [3.63, 3.8) is 0 Å². The number of ether oxygens (including phenoxy) is 1. The molecule has 0 aliphatic carbocycles. The zero-order chi connectivity index (χ0) is 15.2. The monoisotopic (exact) mass is 381 g/mol. The van der Waals surface area contributed by atoms with Crippen molar-refractivity contribution in [1.29, 1.82) is 5.26 Å². The Morgan fingerprint density at radius 3 is 2.67 bits per heavy atom. The zero-order valence-electron chi connectivity index (χ0n) is 10.8. The molecule has 0 unspecified atom stereocenters. The molecule has 0 aromatic heterocycles. The van der Waals surface area contributed by atoms with Crippen molar-refractivity contribution in [2.75, 3.05) is 0 Å². The Morgan fingerprint density at radius 2 is 2.00 bits per heavy atom. The summed E-state index contributed by atoms with van der Waals surface area (Å²) in [6.07, 6.45) is 3.15. The maximum absolute atomic E-state index is 8.51. The van der Waals surface area contributed by atoms with Crippen molar-refractivity contribution in [3.8, 4) is 11.8 Å². The van der Waals surface area contributed by atoms with Gasteiger partial charge in [0, 0.05) is 21.7 Å². The molecule has 0 fully saturated rings. The van der Waals surface area contributed by atoms with E-state index in [0.717, 1.165) is 15.6 Å². The molecule has 0 amide bonds. The van der Waals surface area contributed by atoms with Gasteiger partial charge in [0.1, 0.15) is 12.4 Å². The third-order valence-corrected chi connectivity index (χ3v) is 3.91. The van der Waals surface area contributed by atoms with Crippen LogP contribution in [0.4, 0.5) is 0 Å². The molecule has 2 aromatic rings. The molecule has 21 heavy (non-hydrogen) atoms. The van der Waals surface area contributed by atoms with E-state index in [1.165, 1.54) is 6.08 Å². The number of nitriles is 1. The molecule has 0 N–H and O–H groups in total. The predicted octanol–water partition coefficient (Wildman–Crippen LogP) is 5.87. The average molecular weight is 383 g/mol. The van der Waals surface area contributed by atoms with Gasteiger partial charge in [0.15, 0.2) is 0 Å². The molecular formula is C16H10BrCl2NO. The highest BCUT2D eigenvalue weighted by molar-refractivity contribution is 9.10. The Morgan fingerprint density at radius 1 is 1.19 bits per heavy atom. The maximum Gasteiger partial charge on any atom is 0.134 e. The molecule has 0 bridgehead atoms. The van der Waals surface area contributed by atoms with E-state index >= 15 is 0 Å². The second-order valence-electron chi connectivity index (χ2n) is 4.18. The van der Waals surface area contributed by atoms with Crippen molar-refractivity contribution in [1.82, 2.24) is 0 Å². The third kappa shape index (κ3) is 4.50. The van der Waals surface area contributed by atoms with Crippen molar-refractivity contribution >= 4 is 45.2 Å². The molecule has 0 atom stereocenters. The molecular weight excluding hydrogens is 373 g/mol. The SMILES string of the molecule is N#C/C=C/c1ccc(OCc2ccc(Cl)cc2Cl)c(Br)c1. The summed E-state index contributed by atoms with van der Waals surface area (Å²) in [6.45, 7) is 0.349. The summed E-state index contributed by atoms with van der Waals surface area (Å²) in [5.41, 5.74) is 1.78. The van der Waals surface area contributed by atoms with Gasteiger partial charge in [0.25, 0.3) is 0 Å². The van der Waals surface area contributed by atoms with E-state index in [9.17, 15) is 0 Å². The summed E-state index contributed by atoms with van der Waals surface area (Å²) in [6, 6.07) is 12.8. The Hall–Kier alpha value is -1.47. The quantitative estimate of drug-likeness (QED) is 0.619. The summed E-state index contributed by atoms with van der Waals surface area (Å²) in [4.78, 5) is 0. The van der Waals surface area contributed by atoms with Crippen LogP contribution in [0.15, 0.2) is 46.9 Å². The van der Waals surface area contributed by atoms with Crippen LogP contribution in [-0.4, -0.2) is 0 Å². The molecule has 0 aliphatic rings. The Bertz CT molecular complexity index is 723. The first-order valence-electron chi connectivity index (χ1n) is 6.02. The van der Waals surface area contributed by atoms with Gasteiger partial charge < -0.3 is 4.74 Å². The highest BCUT2D eigenvalue weighted by Crippen LogP contribution is 2.28. The molecule has 0 saturated heterocycles. The second kappa shape index (κ2) is 7.51. The fourth-order valence-electron chi connectivity index (χ4n) is 1.67. The van der Waals surface area contributed by atoms with E-state index in [1.54, 1.807) is 18.2 Å². The van der Waals surface area contributed by atoms with Crippen LogP contribution in [0, 0.1) is 11.3 Å². The van der Waals surface area contributed by atoms with Crippen molar-refractivity contribution in [2.24, 2.45) is 0 Å². The standard InChI is InChI=1S/C16H10BrCl2NO/c17-14-8-11(2-1-7-20)3-6-16(14)21-10-12-4-5-13(18)9-15(12)19/h1-6,8-9H,10H2/b2-1+. The fraction of sp³-hybridized carbons (Fsp3) is 0.0625. The van der Waals surface area contributed by atoms with Gasteiger partial charge in [-0.1, -0.05) is 35.3 Å². The van der Waals surface area contributed by atoms with E-state index in [0.29, 0.717) is 22.4 Å². The van der Waals surface area contributed by atoms with Crippen LogP contribution in [0.5, 0.6) is 5.75 Å². The zero-order valence-corrected chi connectivity index (χ0v) is 13.9. The van der Waals surface area contributed by atoms with Gasteiger partial charge in [-0.15, -0.1) is 0 Å². The Kier molecular flexibility index (Phi) is 5.69. The fourth-order valence-corrected chi connectivity index (χ4v) is 2.64. The number of hydrogen-bond donors (Lipinski definition) is 0. The minimum absolute atomic E-state index is 0.349. The van der Waals surface area contributed by atoms with E-state index in [4.69, 9.17) is 33.2 Å². The van der Waals surface area contributed by atoms with Gasteiger partial charge in [-0.05, 0) is 51.8 Å². The molecule has 0 saturated carbocycles. The summed E-state index contributed by atoms with van der Waals surface area (Å²) < 4.78 is 6.55. The molecule has 0 heterocycles. The largest absolute Gasteiger partial charge is 0.488 e. The van der Waals surface area contributed by atoms with Gasteiger partial charge in [0.2, 0.25) is 0 Å². The van der Waals surface area contributed by atoms with Gasteiger partial charge in [-0.25, -0.2) is 0 Å². The van der Waals surface area contributed by atoms with Crippen LogP contribution in [0.1, 0.15) is 11.1 Å². The number of rotatable bonds is 4. The number of allylic oxidation sites excluding steroid dienone is 1. The molecule has 106 valence electrons. The maximum atomic E-state index is 8.51. The van der Waals surface area contributed by atoms with Crippen LogP contribution in [0.3, 0.4) is 0 Å². The van der Waals surface area contributed by atoms with E-state index < -0.39 is 0 Å². The van der Waals surface area contributed by atoms with Gasteiger partial charge in [-0.2, -0.15) is 5.26 Å². The summed E-state index contributed by atoms with van der Waals surface area (Å²) in [7, 11) is 0. The number of hydrogen-bond acceptors (Lipinski definition) is 2. The molecule has 0 radical (unpaired) electrons. The van der Waals surface area contributed by atoms with E-state index in [2.05, 4.69) is 15.9 Å². The lowest BCUT2D eigenvalue weighted by atomic mass is 10.2. The highest BCUT2D eigenvalue weighted by Gasteiger charge is 2.05. The van der Waals surface area contributed by atoms with E-state index in [1.807, 2.05) is 30.3 Å². The van der Waals surface area contributed by atoms with Gasteiger partial charge >= 0.3 is 0 Å². The smallest absolute Gasteiger partial charge is 0.134 e. The first kappa shape index (κ1) is 15.9.